The van der Waals surface area contributed by atoms with Gasteiger partial charge in [0.1, 0.15) is 0 Å². The van der Waals surface area contributed by atoms with Crippen LogP contribution in [-0.4, -0.2) is 54.2 Å². The highest BCUT2D eigenvalue weighted by Crippen LogP contribution is 2.22. The first kappa shape index (κ1) is 20.0. The van der Waals surface area contributed by atoms with Crippen molar-refractivity contribution in [2.75, 3.05) is 43.4 Å². The molecule has 1 aromatic heterocycles. The van der Waals surface area contributed by atoms with Crippen LogP contribution in [-0.2, 0) is 11.2 Å². The first-order chi connectivity index (χ1) is 14.6. The Morgan fingerprint density at radius 1 is 0.967 bits per heavy atom. The maximum Gasteiger partial charge on any atom is 0.228 e. The number of rotatable bonds is 5. The molecule has 0 radical (unpaired) electrons. The van der Waals surface area contributed by atoms with Crippen molar-refractivity contribution in [1.29, 1.82) is 0 Å². The molecule has 0 aliphatic carbocycles. The molecule has 1 N–H and O–H groups in total. The molecule has 0 unspecified atom stereocenters. The Morgan fingerprint density at radius 2 is 1.73 bits per heavy atom. The Hall–Kier alpha value is -3.25. The second-order valence-electron chi connectivity index (χ2n) is 7.86. The summed E-state index contributed by atoms with van der Waals surface area (Å²) in [5.41, 5.74) is 4.67. The van der Waals surface area contributed by atoms with Crippen LogP contribution in [0.25, 0.3) is 11.3 Å². The minimum absolute atomic E-state index is 0.0347. The molecule has 2 heterocycles. The van der Waals surface area contributed by atoms with Gasteiger partial charge >= 0.3 is 0 Å². The maximum absolute atomic E-state index is 12.4. The van der Waals surface area contributed by atoms with Gasteiger partial charge in [-0.15, -0.1) is 10.2 Å². The number of carbonyl (C=O) groups excluding carboxylic acids is 1. The molecule has 0 saturated carbocycles. The van der Waals surface area contributed by atoms with E-state index < -0.39 is 0 Å². The highest BCUT2D eigenvalue weighted by atomic mass is 16.1. The molecule has 1 amide bonds. The van der Waals surface area contributed by atoms with E-state index in [0.29, 0.717) is 6.42 Å². The van der Waals surface area contributed by atoms with Gasteiger partial charge in [0, 0.05) is 37.4 Å². The summed E-state index contributed by atoms with van der Waals surface area (Å²) in [6.07, 6.45) is 0.351. The SMILES string of the molecule is Cc1ccc(CC(=O)Nc2cccc(-c3ccc(N4CCN(C)CC4)nn3)c2)cc1. The van der Waals surface area contributed by atoms with Gasteiger partial charge in [0.05, 0.1) is 12.1 Å². The van der Waals surface area contributed by atoms with E-state index >= 15 is 0 Å². The molecule has 0 atom stereocenters. The molecule has 6 nitrogen and oxygen atoms in total. The van der Waals surface area contributed by atoms with E-state index in [-0.39, 0.29) is 5.91 Å². The van der Waals surface area contributed by atoms with Gasteiger partial charge in [-0.1, -0.05) is 42.0 Å². The van der Waals surface area contributed by atoms with Crippen LogP contribution in [0.4, 0.5) is 11.5 Å². The van der Waals surface area contributed by atoms with Gasteiger partial charge in [-0.25, -0.2) is 0 Å². The smallest absolute Gasteiger partial charge is 0.228 e. The highest BCUT2D eigenvalue weighted by molar-refractivity contribution is 5.92. The van der Waals surface area contributed by atoms with E-state index in [1.54, 1.807) is 0 Å². The number of likely N-dealkylation sites (N-methyl/N-ethyl adjacent to an activating group) is 1. The minimum Gasteiger partial charge on any atom is -0.353 e. The fraction of sp³-hybridized carbons (Fsp3) is 0.292. The van der Waals surface area contributed by atoms with Crippen molar-refractivity contribution < 1.29 is 4.79 Å². The molecule has 3 aromatic rings. The van der Waals surface area contributed by atoms with Crippen LogP contribution < -0.4 is 10.2 Å². The standard InChI is InChI=1S/C24H27N5O/c1-18-6-8-19(9-7-18)16-24(30)25-21-5-3-4-20(17-21)22-10-11-23(27-26-22)29-14-12-28(2)13-15-29/h3-11,17H,12-16H2,1-2H3,(H,25,30). The number of anilines is 2. The summed E-state index contributed by atoms with van der Waals surface area (Å²) < 4.78 is 0. The van der Waals surface area contributed by atoms with Crippen molar-refractivity contribution in [1.82, 2.24) is 15.1 Å². The number of amides is 1. The van der Waals surface area contributed by atoms with Crippen LogP contribution in [0.1, 0.15) is 11.1 Å². The third kappa shape index (κ3) is 5.02. The number of hydrogen-bond donors (Lipinski definition) is 1. The lowest BCUT2D eigenvalue weighted by molar-refractivity contribution is -0.115. The van der Waals surface area contributed by atoms with Gasteiger partial charge in [-0.05, 0) is 43.8 Å². The summed E-state index contributed by atoms with van der Waals surface area (Å²) in [5.74, 6) is 0.877. The molecule has 1 aliphatic rings. The van der Waals surface area contributed by atoms with Gasteiger partial charge in [-0.3, -0.25) is 4.79 Å². The van der Waals surface area contributed by atoms with E-state index in [2.05, 4.69) is 32.4 Å². The fourth-order valence-electron chi connectivity index (χ4n) is 3.54. The minimum atomic E-state index is -0.0347. The van der Waals surface area contributed by atoms with E-state index in [1.165, 1.54) is 5.56 Å². The average molecular weight is 402 g/mol. The second-order valence-corrected chi connectivity index (χ2v) is 7.86. The third-order valence-corrected chi connectivity index (χ3v) is 5.41. The normalized spacial score (nSPS) is 14.5. The first-order valence-electron chi connectivity index (χ1n) is 10.3. The largest absolute Gasteiger partial charge is 0.353 e. The number of piperazine rings is 1. The maximum atomic E-state index is 12.4. The second kappa shape index (κ2) is 9.05. The molecule has 0 bridgehead atoms. The number of nitrogens with zero attached hydrogens (tertiary/aromatic N) is 4. The predicted molar refractivity (Wildman–Crippen MR) is 121 cm³/mol. The van der Waals surface area contributed by atoms with Crippen LogP contribution >= 0.6 is 0 Å². The highest BCUT2D eigenvalue weighted by Gasteiger charge is 2.15. The molecule has 1 fully saturated rings. The van der Waals surface area contributed by atoms with Crippen molar-refractivity contribution in [2.45, 2.75) is 13.3 Å². The van der Waals surface area contributed by atoms with E-state index in [0.717, 1.165) is 54.5 Å². The van der Waals surface area contributed by atoms with Gasteiger partial charge in [-0.2, -0.15) is 0 Å². The molecular formula is C24H27N5O. The zero-order valence-corrected chi connectivity index (χ0v) is 17.5. The first-order valence-corrected chi connectivity index (χ1v) is 10.3. The van der Waals surface area contributed by atoms with Gasteiger partial charge < -0.3 is 15.1 Å². The van der Waals surface area contributed by atoms with Crippen molar-refractivity contribution in [3.05, 3.63) is 71.8 Å². The van der Waals surface area contributed by atoms with E-state index in [9.17, 15) is 4.79 Å². The molecular weight excluding hydrogens is 374 g/mol. The Labute approximate surface area is 177 Å². The van der Waals surface area contributed by atoms with Crippen LogP contribution in [0, 0.1) is 6.92 Å². The zero-order valence-electron chi connectivity index (χ0n) is 17.5. The number of aryl methyl sites for hydroxylation is 1. The Balaban J connectivity index is 1.41. The summed E-state index contributed by atoms with van der Waals surface area (Å²) in [6, 6.07) is 19.8. The summed E-state index contributed by atoms with van der Waals surface area (Å²) in [4.78, 5) is 17.0. The van der Waals surface area contributed by atoms with Crippen molar-refractivity contribution in [3.63, 3.8) is 0 Å². The number of carbonyl (C=O) groups is 1. The van der Waals surface area contributed by atoms with Gasteiger partial charge in [0.2, 0.25) is 5.91 Å². The molecule has 0 spiro atoms. The number of hydrogen-bond acceptors (Lipinski definition) is 5. The number of benzene rings is 2. The quantitative estimate of drug-likeness (QED) is 0.710. The summed E-state index contributed by atoms with van der Waals surface area (Å²) in [6.45, 7) is 6.04. The van der Waals surface area contributed by atoms with Gasteiger partial charge in [0.25, 0.3) is 0 Å². The molecule has 1 aliphatic heterocycles. The van der Waals surface area contributed by atoms with Crippen LogP contribution in [0.3, 0.4) is 0 Å². The summed E-state index contributed by atoms with van der Waals surface area (Å²) in [7, 11) is 2.14. The monoisotopic (exact) mass is 401 g/mol. The van der Waals surface area contributed by atoms with Crippen LogP contribution in [0.2, 0.25) is 0 Å². The molecule has 6 heteroatoms. The lowest BCUT2D eigenvalue weighted by atomic mass is 10.1. The summed E-state index contributed by atoms with van der Waals surface area (Å²) >= 11 is 0. The Kier molecular flexibility index (Phi) is 6.05. The molecule has 154 valence electrons. The Bertz CT molecular complexity index is 993. The topological polar surface area (TPSA) is 61.4 Å². The van der Waals surface area contributed by atoms with Crippen molar-refractivity contribution >= 4 is 17.4 Å². The van der Waals surface area contributed by atoms with E-state index in [4.69, 9.17) is 0 Å². The zero-order chi connectivity index (χ0) is 20.9. The van der Waals surface area contributed by atoms with E-state index in [1.807, 2.05) is 67.6 Å². The fourth-order valence-corrected chi connectivity index (χ4v) is 3.54. The predicted octanol–water partition coefficient (Wildman–Crippen LogP) is 3.39. The van der Waals surface area contributed by atoms with Crippen molar-refractivity contribution in [3.8, 4) is 11.3 Å². The lowest BCUT2D eigenvalue weighted by Gasteiger charge is -2.32. The lowest BCUT2D eigenvalue weighted by Crippen LogP contribution is -2.44. The number of aromatic nitrogens is 2. The summed E-state index contributed by atoms with van der Waals surface area (Å²) in [5, 5.41) is 11.8. The number of nitrogens with one attached hydrogen (secondary N) is 1. The molecule has 30 heavy (non-hydrogen) atoms. The Morgan fingerprint density at radius 3 is 2.43 bits per heavy atom. The van der Waals surface area contributed by atoms with Crippen LogP contribution in [0.5, 0.6) is 0 Å². The molecule has 2 aromatic carbocycles. The molecule has 4 rings (SSSR count). The van der Waals surface area contributed by atoms with Crippen LogP contribution in [0.15, 0.2) is 60.7 Å². The van der Waals surface area contributed by atoms with Gasteiger partial charge in [0.15, 0.2) is 5.82 Å². The third-order valence-electron chi connectivity index (χ3n) is 5.41. The molecule has 1 saturated heterocycles. The average Bonchev–Trinajstić information content (AvgIpc) is 2.76. The van der Waals surface area contributed by atoms with Crippen molar-refractivity contribution in [2.24, 2.45) is 0 Å².